The highest BCUT2D eigenvalue weighted by Crippen LogP contribution is 2.42. The molecule has 0 fully saturated rings. The van der Waals surface area contributed by atoms with E-state index >= 15 is 0 Å². The van der Waals surface area contributed by atoms with Crippen LogP contribution in [-0.2, 0) is 0 Å². The Labute approximate surface area is 255 Å². The second-order valence-electron chi connectivity index (χ2n) is 9.62. The Kier molecular flexibility index (Phi) is 6.57. The van der Waals surface area contributed by atoms with Crippen LogP contribution in [0, 0.1) is 10.1 Å². The molecule has 1 aliphatic heterocycles. The monoisotopic (exact) mass is 657 g/mol. The van der Waals surface area contributed by atoms with Crippen LogP contribution in [0.3, 0.4) is 0 Å². The van der Waals surface area contributed by atoms with E-state index in [1.165, 1.54) is 23.5 Å². The number of non-ortho nitro benzene ring substituents is 1. The van der Waals surface area contributed by atoms with E-state index in [1.54, 1.807) is 34.7 Å². The molecular weight excluding hydrogens is 642 g/mol. The van der Waals surface area contributed by atoms with Gasteiger partial charge in [0.15, 0.2) is 0 Å². The first-order valence-electron chi connectivity index (χ1n) is 12.7. The number of para-hydroxylation sites is 1. The van der Waals surface area contributed by atoms with Crippen LogP contribution in [0.5, 0.6) is 0 Å². The van der Waals surface area contributed by atoms with E-state index in [4.69, 9.17) is 26.1 Å². The first-order valence-corrected chi connectivity index (χ1v) is 14.7. The molecule has 3 aromatic heterocycles. The summed E-state index contributed by atoms with van der Waals surface area (Å²) in [7, 11) is 0. The molecule has 0 amide bonds. The van der Waals surface area contributed by atoms with E-state index in [1.807, 2.05) is 42.5 Å². The number of hydrazone groups is 1. The summed E-state index contributed by atoms with van der Waals surface area (Å²) in [4.78, 5) is 33.1. The van der Waals surface area contributed by atoms with E-state index in [0.29, 0.717) is 39.3 Å². The predicted octanol–water partition coefficient (Wildman–Crippen LogP) is 8.14. The molecule has 7 rings (SSSR count). The standard InChI is InChI=1S/C30H17BrClN5O4S/c31-19-7-10-27-18(11-19)13-21(29(38)41-27)25-15-42-30(34-25)36-26(22-12-17-3-1-2-4-23(17)33-28(22)32)14-24(35-36)16-5-8-20(9-6-16)37(39)40/h1-13,15,26H,14H2. The van der Waals surface area contributed by atoms with Crippen molar-refractivity contribution in [1.82, 2.24) is 9.97 Å². The molecule has 0 N–H and O–H groups in total. The minimum Gasteiger partial charge on any atom is -0.422 e. The number of hydrogen-bond donors (Lipinski definition) is 0. The largest absolute Gasteiger partial charge is 0.422 e. The van der Waals surface area contributed by atoms with Crippen molar-refractivity contribution < 1.29 is 9.34 Å². The molecule has 1 unspecified atom stereocenters. The van der Waals surface area contributed by atoms with Gasteiger partial charge < -0.3 is 4.42 Å². The Morgan fingerprint density at radius 1 is 1.02 bits per heavy atom. The summed E-state index contributed by atoms with van der Waals surface area (Å²) in [5, 5.41) is 22.3. The van der Waals surface area contributed by atoms with Crippen molar-refractivity contribution in [2.75, 3.05) is 5.01 Å². The van der Waals surface area contributed by atoms with Crippen molar-refractivity contribution in [3.8, 4) is 11.3 Å². The van der Waals surface area contributed by atoms with Crippen molar-refractivity contribution in [2.45, 2.75) is 12.5 Å². The summed E-state index contributed by atoms with van der Waals surface area (Å²) in [6.45, 7) is 0. The fourth-order valence-corrected chi connectivity index (χ4v) is 6.46. The molecule has 6 aromatic rings. The van der Waals surface area contributed by atoms with E-state index in [2.05, 4.69) is 20.9 Å². The number of pyridine rings is 1. The Morgan fingerprint density at radius 3 is 2.64 bits per heavy atom. The highest BCUT2D eigenvalue weighted by molar-refractivity contribution is 9.10. The number of aromatic nitrogens is 2. The minimum absolute atomic E-state index is 0.00154. The van der Waals surface area contributed by atoms with Crippen molar-refractivity contribution in [3.63, 3.8) is 0 Å². The molecule has 42 heavy (non-hydrogen) atoms. The number of rotatable bonds is 5. The third kappa shape index (κ3) is 4.75. The summed E-state index contributed by atoms with van der Waals surface area (Å²) < 4.78 is 6.42. The fourth-order valence-electron chi connectivity index (χ4n) is 4.99. The predicted molar refractivity (Wildman–Crippen MR) is 168 cm³/mol. The maximum absolute atomic E-state index is 12.9. The van der Waals surface area contributed by atoms with Gasteiger partial charge in [0, 0.05) is 44.7 Å². The smallest absolute Gasteiger partial charge is 0.345 e. The molecule has 206 valence electrons. The lowest BCUT2D eigenvalue weighted by molar-refractivity contribution is -0.384. The van der Waals surface area contributed by atoms with Crippen molar-refractivity contribution in [1.29, 1.82) is 0 Å². The van der Waals surface area contributed by atoms with Crippen molar-refractivity contribution in [3.05, 3.63) is 126 Å². The second-order valence-corrected chi connectivity index (χ2v) is 11.7. The average Bonchev–Trinajstić information content (AvgIpc) is 3.65. The molecule has 1 atom stereocenters. The number of thiazole rings is 1. The third-order valence-electron chi connectivity index (χ3n) is 7.04. The van der Waals surface area contributed by atoms with Gasteiger partial charge in [-0.1, -0.05) is 45.7 Å². The first-order chi connectivity index (χ1) is 20.3. The number of fused-ring (bicyclic) bond motifs is 2. The van der Waals surface area contributed by atoms with Gasteiger partial charge in [-0.3, -0.25) is 10.1 Å². The van der Waals surface area contributed by atoms with E-state index in [0.717, 1.165) is 31.9 Å². The van der Waals surface area contributed by atoms with Crippen LogP contribution < -0.4 is 10.6 Å². The maximum Gasteiger partial charge on any atom is 0.345 e. The van der Waals surface area contributed by atoms with Gasteiger partial charge in [-0.05, 0) is 54.1 Å². The molecule has 12 heteroatoms. The Hall–Kier alpha value is -4.45. The van der Waals surface area contributed by atoms with Crippen LogP contribution in [-0.4, -0.2) is 20.6 Å². The highest BCUT2D eigenvalue weighted by atomic mass is 79.9. The summed E-state index contributed by atoms with van der Waals surface area (Å²) in [5.74, 6) is 0. The summed E-state index contributed by atoms with van der Waals surface area (Å²) >= 11 is 11.5. The van der Waals surface area contributed by atoms with Gasteiger partial charge in [-0.2, -0.15) is 5.10 Å². The number of anilines is 1. The van der Waals surface area contributed by atoms with Gasteiger partial charge in [-0.15, -0.1) is 11.3 Å². The lowest BCUT2D eigenvalue weighted by atomic mass is 9.98. The zero-order valence-electron chi connectivity index (χ0n) is 21.4. The van der Waals surface area contributed by atoms with Crippen LogP contribution >= 0.6 is 38.9 Å². The molecule has 1 aliphatic rings. The Balaban J connectivity index is 1.32. The number of nitrogens with zero attached hydrogens (tertiary/aromatic N) is 5. The summed E-state index contributed by atoms with van der Waals surface area (Å²) in [6.07, 6.45) is 0.457. The molecule has 0 saturated heterocycles. The molecule has 9 nitrogen and oxygen atoms in total. The number of nitro benzene ring substituents is 1. The van der Waals surface area contributed by atoms with E-state index in [-0.39, 0.29) is 11.7 Å². The van der Waals surface area contributed by atoms with Crippen LogP contribution in [0.15, 0.2) is 103 Å². The average molecular weight is 659 g/mol. The zero-order valence-corrected chi connectivity index (χ0v) is 24.6. The lowest BCUT2D eigenvalue weighted by Gasteiger charge is -2.22. The van der Waals surface area contributed by atoms with Gasteiger partial charge in [0.2, 0.25) is 5.13 Å². The molecule has 3 aromatic carbocycles. The number of halogens is 2. The van der Waals surface area contributed by atoms with Gasteiger partial charge in [0.25, 0.3) is 5.69 Å². The van der Waals surface area contributed by atoms with Crippen molar-refractivity contribution in [2.24, 2.45) is 5.10 Å². The van der Waals surface area contributed by atoms with Crippen LogP contribution in [0.1, 0.15) is 23.6 Å². The van der Waals surface area contributed by atoms with E-state index in [9.17, 15) is 14.9 Å². The lowest BCUT2D eigenvalue weighted by Crippen LogP contribution is -2.19. The molecule has 0 bridgehead atoms. The fraction of sp³-hybridized carbons (Fsp3) is 0.0667. The Bertz CT molecular complexity index is 2130. The van der Waals surface area contributed by atoms with Crippen LogP contribution in [0.2, 0.25) is 5.15 Å². The van der Waals surface area contributed by atoms with Gasteiger partial charge in [0.1, 0.15) is 10.7 Å². The number of hydrogen-bond acceptors (Lipinski definition) is 9. The van der Waals surface area contributed by atoms with Gasteiger partial charge >= 0.3 is 5.63 Å². The zero-order chi connectivity index (χ0) is 29.0. The summed E-state index contributed by atoms with van der Waals surface area (Å²) in [6, 6.07) is 22.8. The van der Waals surface area contributed by atoms with Crippen LogP contribution in [0.4, 0.5) is 10.8 Å². The normalized spacial score (nSPS) is 15.0. The molecule has 0 spiro atoms. The minimum atomic E-state index is -0.489. The van der Waals surface area contributed by atoms with Gasteiger partial charge in [-0.25, -0.2) is 19.8 Å². The maximum atomic E-state index is 12.9. The van der Waals surface area contributed by atoms with Crippen LogP contribution in [0.25, 0.3) is 33.1 Å². The van der Waals surface area contributed by atoms with Gasteiger partial charge in [0.05, 0.1) is 33.5 Å². The molecule has 0 aliphatic carbocycles. The SMILES string of the molecule is O=c1oc2ccc(Br)cc2cc1-c1csc(N2N=C(c3ccc([N+](=O)[O-])cc3)CC2c2cc3ccccc3nc2Cl)n1. The van der Waals surface area contributed by atoms with Crippen molar-refractivity contribution >= 4 is 77.3 Å². The summed E-state index contributed by atoms with van der Waals surface area (Å²) in [5.41, 5.74) is 3.80. The third-order valence-corrected chi connectivity index (χ3v) is 8.67. The molecular formula is C30H17BrClN5O4S. The Morgan fingerprint density at radius 2 is 1.83 bits per heavy atom. The number of benzene rings is 3. The highest BCUT2D eigenvalue weighted by Gasteiger charge is 2.34. The second kappa shape index (κ2) is 10.4. The first kappa shape index (κ1) is 26.4. The molecule has 4 heterocycles. The molecule has 0 saturated carbocycles. The van der Waals surface area contributed by atoms with E-state index < -0.39 is 10.5 Å². The quantitative estimate of drug-likeness (QED) is 0.0795. The number of nitro groups is 1. The topological polar surface area (TPSA) is 115 Å². The molecule has 0 radical (unpaired) electrons.